The van der Waals surface area contributed by atoms with Gasteiger partial charge in [0.2, 0.25) is 5.91 Å². The Morgan fingerprint density at radius 1 is 1.24 bits per heavy atom. The number of aliphatic hydroxyl groups is 1. The Morgan fingerprint density at radius 2 is 2.05 bits per heavy atom. The second kappa shape index (κ2) is 9.80. The normalized spacial score (nSPS) is 29.8. The van der Waals surface area contributed by atoms with Gasteiger partial charge in [0.1, 0.15) is 17.7 Å². The van der Waals surface area contributed by atoms with E-state index in [1.165, 1.54) is 11.6 Å². The molecule has 7 rings (SSSR count). The van der Waals surface area contributed by atoms with Gasteiger partial charge in [-0.3, -0.25) is 14.5 Å². The second-order valence-corrected chi connectivity index (χ2v) is 13.5. The number of nitrogens with zero attached hydrogens (tertiary/aromatic N) is 2. The van der Waals surface area contributed by atoms with Crippen molar-refractivity contribution in [1.82, 2.24) is 9.80 Å². The van der Waals surface area contributed by atoms with Gasteiger partial charge in [0.05, 0.1) is 11.5 Å². The molecule has 2 N–H and O–H groups in total. The zero-order valence-corrected chi connectivity index (χ0v) is 25.0. The lowest BCUT2D eigenvalue weighted by atomic mass is 9.48. The van der Waals surface area contributed by atoms with Crippen LogP contribution >= 0.6 is 27.3 Å². The molecule has 1 spiro atoms. The van der Waals surface area contributed by atoms with Crippen molar-refractivity contribution in [2.75, 3.05) is 20.1 Å². The summed E-state index contributed by atoms with van der Waals surface area (Å²) in [6, 6.07) is 14.3. The molecule has 2 bridgehead atoms. The number of thiophene rings is 1. The molecule has 1 aromatic heterocycles. The van der Waals surface area contributed by atoms with E-state index >= 15 is 0 Å². The van der Waals surface area contributed by atoms with Crippen molar-refractivity contribution in [3.8, 4) is 11.5 Å². The van der Waals surface area contributed by atoms with Crippen LogP contribution in [0.3, 0.4) is 0 Å². The summed E-state index contributed by atoms with van der Waals surface area (Å²) in [5.74, 6) is -0.0378. The highest BCUT2D eigenvalue weighted by atomic mass is 79.9. The number of amides is 1. The molecule has 0 unspecified atom stereocenters. The Morgan fingerprint density at radius 3 is 2.80 bits per heavy atom. The molecular formula is C32H31BrN2O5S. The number of Topliss-reactive ketones (excluding diaryl/α,β-unsaturated/α-hetero) is 1. The molecule has 2 aliphatic heterocycles. The lowest BCUT2D eigenvalue weighted by molar-refractivity contribution is -0.187. The van der Waals surface area contributed by atoms with Crippen LogP contribution in [-0.2, 0) is 16.6 Å². The number of rotatable bonds is 6. The smallest absolute Gasteiger partial charge is 0.246 e. The number of aromatic hydroxyl groups is 1. The van der Waals surface area contributed by atoms with Crippen LogP contribution in [0.2, 0.25) is 0 Å². The van der Waals surface area contributed by atoms with Crippen molar-refractivity contribution < 1.29 is 24.5 Å². The van der Waals surface area contributed by atoms with E-state index in [4.69, 9.17) is 4.74 Å². The topological polar surface area (TPSA) is 90.3 Å². The van der Waals surface area contributed by atoms with E-state index in [-0.39, 0.29) is 29.2 Å². The molecule has 2 aliphatic carbocycles. The quantitative estimate of drug-likeness (QED) is 0.379. The highest BCUT2D eigenvalue weighted by molar-refractivity contribution is 9.10. The maximum atomic E-state index is 14.1. The molecule has 2 fully saturated rings. The molecule has 0 radical (unpaired) electrons. The number of hydrogen-bond acceptors (Lipinski definition) is 7. The van der Waals surface area contributed by atoms with Crippen molar-refractivity contribution in [3.63, 3.8) is 0 Å². The molecule has 1 amide bonds. The molecule has 3 heterocycles. The average molecular weight is 636 g/mol. The largest absolute Gasteiger partial charge is 0.504 e. The van der Waals surface area contributed by atoms with Crippen LogP contribution in [0.5, 0.6) is 11.5 Å². The number of ether oxygens (including phenoxy) is 1. The number of benzene rings is 2. The van der Waals surface area contributed by atoms with Crippen LogP contribution in [0.1, 0.15) is 45.6 Å². The number of piperidine rings is 1. The van der Waals surface area contributed by atoms with Crippen LogP contribution in [0, 0.1) is 0 Å². The van der Waals surface area contributed by atoms with Crippen molar-refractivity contribution >= 4 is 45.0 Å². The molecule has 41 heavy (non-hydrogen) atoms. The minimum atomic E-state index is -1.38. The van der Waals surface area contributed by atoms with Gasteiger partial charge in [0.25, 0.3) is 0 Å². The van der Waals surface area contributed by atoms with E-state index < -0.39 is 23.2 Å². The third-order valence-corrected chi connectivity index (χ3v) is 11.4. The molecule has 4 aliphatic rings. The van der Waals surface area contributed by atoms with E-state index in [0.29, 0.717) is 43.5 Å². The van der Waals surface area contributed by atoms with Gasteiger partial charge >= 0.3 is 0 Å². The Kier molecular flexibility index (Phi) is 6.43. The van der Waals surface area contributed by atoms with Crippen molar-refractivity contribution in [2.45, 2.75) is 54.9 Å². The summed E-state index contributed by atoms with van der Waals surface area (Å²) in [5, 5.41) is 25.5. The lowest BCUT2D eigenvalue weighted by Gasteiger charge is -2.63. The molecule has 1 saturated carbocycles. The maximum Gasteiger partial charge on any atom is 0.246 e. The van der Waals surface area contributed by atoms with Gasteiger partial charge in [0.15, 0.2) is 17.3 Å². The Labute approximate surface area is 251 Å². The summed E-state index contributed by atoms with van der Waals surface area (Å²) in [6.45, 7) is 1.26. The summed E-state index contributed by atoms with van der Waals surface area (Å²) >= 11 is 4.99. The lowest BCUT2D eigenvalue weighted by Crippen LogP contribution is -2.79. The van der Waals surface area contributed by atoms with Gasteiger partial charge < -0.3 is 19.8 Å². The summed E-state index contributed by atoms with van der Waals surface area (Å²) < 4.78 is 7.50. The van der Waals surface area contributed by atoms with E-state index in [9.17, 15) is 19.8 Å². The number of halogens is 1. The minimum absolute atomic E-state index is 0.0384. The summed E-state index contributed by atoms with van der Waals surface area (Å²) in [5.41, 5.74) is 0.0351. The number of ketones is 1. The molecule has 9 heteroatoms. The fourth-order valence-electron chi connectivity index (χ4n) is 7.87. The third kappa shape index (κ3) is 3.89. The van der Waals surface area contributed by atoms with E-state index in [1.54, 1.807) is 41.5 Å². The fraction of sp³-hybridized carbons (Fsp3) is 0.375. The Hall–Kier alpha value is -2.98. The van der Waals surface area contributed by atoms with Crippen molar-refractivity contribution in [1.29, 1.82) is 0 Å². The number of hydrogen-bond donors (Lipinski definition) is 2. The molecule has 3 aromatic rings. The SMILES string of the molecule is CN(C(=O)/C=C/c1cc(Br)cs1)[C@H]1CC[C@@]2(O)[C@H]3C(=O)c4ccc(O)c5c4[C@@]2(CCN3CCc2ccccc2)[C@H]1O5. The highest BCUT2D eigenvalue weighted by Crippen LogP contribution is 2.65. The van der Waals surface area contributed by atoms with Crippen LogP contribution in [0.25, 0.3) is 6.08 Å². The first-order chi connectivity index (χ1) is 19.7. The summed E-state index contributed by atoms with van der Waals surface area (Å²) in [7, 11) is 1.77. The Bertz CT molecular complexity index is 1570. The Balaban J connectivity index is 1.25. The summed E-state index contributed by atoms with van der Waals surface area (Å²) in [6.07, 6.45) is 4.95. The zero-order chi connectivity index (χ0) is 28.5. The van der Waals surface area contributed by atoms with E-state index in [1.807, 2.05) is 29.6 Å². The standard InChI is InChI=1S/C32H31BrN2O5S/c1-34(25(37)10-7-21-17-20(33)18-41-21)23-11-13-32(39)29-27(38)22-8-9-24(36)28-26(22)31(32,30(23)40-28)14-16-35(29)15-12-19-5-3-2-4-6-19/h2-10,17-18,23,29-30,36,39H,11-16H2,1H3/b10-7+/t23-,29+,30-,31-,32+/m0/s1. The monoisotopic (exact) mass is 634 g/mol. The number of phenols is 1. The third-order valence-electron chi connectivity index (χ3n) is 9.73. The first-order valence-corrected chi connectivity index (χ1v) is 15.7. The maximum absolute atomic E-state index is 14.1. The van der Waals surface area contributed by atoms with Gasteiger partial charge in [0, 0.05) is 52.1 Å². The van der Waals surface area contributed by atoms with Gasteiger partial charge in [-0.05, 0) is 71.5 Å². The molecule has 2 aromatic carbocycles. The molecule has 7 nitrogen and oxygen atoms in total. The second-order valence-electron chi connectivity index (χ2n) is 11.6. The summed E-state index contributed by atoms with van der Waals surface area (Å²) in [4.78, 5) is 32.3. The number of carbonyl (C=O) groups excluding carboxylic acids is 2. The van der Waals surface area contributed by atoms with Gasteiger partial charge in [-0.25, -0.2) is 0 Å². The van der Waals surface area contributed by atoms with E-state index in [2.05, 4.69) is 33.0 Å². The van der Waals surface area contributed by atoms with Crippen LogP contribution in [-0.4, -0.2) is 75.6 Å². The highest BCUT2D eigenvalue weighted by Gasteiger charge is 2.75. The average Bonchev–Trinajstić information content (AvgIpc) is 3.55. The van der Waals surface area contributed by atoms with Gasteiger partial charge in [-0.1, -0.05) is 30.3 Å². The van der Waals surface area contributed by atoms with Crippen LogP contribution in [0.4, 0.5) is 0 Å². The van der Waals surface area contributed by atoms with E-state index in [0.717, 1.165) is 15.8 Å². The minimum Gasteiger partial charge on any atom is -0.504 e. The van der Waals surface area contributed by atoms with Gasteiger partial charge in [-0.15, -0.1) is 11.3 Å². The predicted octanol–water partition coefficient (Wildman–Crippen LogP) is 4.79. The van der Waals surface area contributed by atoms with Crippen molar-refractivity contribution in [3.05, 3.63) is 86.0 Å². The first-order valence-electron chi connectivity index (χ1n) is 14.0. The molecule has 212 valence electrons. The van der Waals surface area contributed by atoms with Crippen LogP contribution < -0.4 is 4.74 Å². The molecular weight excluding hydrogens is 604 g/mol. The van der Waals surface area contributed by atoms with Gasteiger partial charge in [-0.2, -0.15) is 0 Å². The van der Waals surface area contributed by atoms with Crippen molar-refractivity contribution in [2.24, 2.45) is 0 Å². The molecule has 1 saturated heterocycles. The van der Waals surface area contributed by atoms with Crippen LogP contribution in [0.15, 0.2) is 64.5 Å². The zero-order valence-electron chi connectivity index (χ0n) is 22.6. The number of carbonyl (C=O) groups is 2. The number of likely N-dealkylation sites (N-methyl/N-ethyl adjacent to an activating group) is 1. The predicted molar refractivity (Wildman–Crippen MR) is 160 cm³/mol. The molecule has 5 atom stereocenters. The first kappa shape index (κ1) is 26.9. The number of likely N-dealkylation sites (tertiary alicyclic amines) is 1. The fourth-order valence-corrected chi connectivity index (χ4v) is 9.21. The number of phenolic OH excluding ortho intramolecular Hbond substituents is 1.